The number of nitrogens with zero attached hydrogens (tertiary/aromatic N) is 21. The standard InChI is InChI=1S/C5H7NO.2C4H6N2O.2C4H6N2S.5C3H5N3.5C2H6/c1-4-5(2)7-3-6-4;4*1-3-5-4(2)7-6-3;1-6-2-4-5-3-6;1-6-3-4-2-5-6;3*1-3-4-2-5-6-3;5*1-2/h3H,1-2H3;4*1-2H3;2*2-3H,1H3;3*2H,1H3,(H,4,5,6);5*1-2H3. The molecule has 27 nitrogen and oxygen atoms in total. The Morgan fingerprint density at radius 2 is 0.827 bits per heavy atom. The zero-order valence-corrected chi connectivity index (χ0v) is 50.7. The summed E-state index contributed by atoms with van der Waals surface area (Å²) >= 11 is 2.89. The molecule has 0 aromatic carbocycles. The summed E-state index contributed by atoms with van der Waals surface area (Å²) in [5, 5.41) is 38.6. The van der Waals surface area contributed by atoms with Crippen molar-refractivity contribution in [1.82, 2.24) is 119 Å². The zero-order chi connectivity index (χ0) is 58.4. The van der Waals surface area contributed by atoms with Crippen molar-refractivity contribution in [2.75, 3.05) is 0 Å². The largest absolute Gasteiger partial charge is 0.449 e. The molecule has 420 valence electrons. The second kappa shape index (κ2) is 54.1. The predicted octanol–water partition coefficient (Wildman–Crippen LogP) is 10.1. The number of oxazole rings is 1. The highest BCUT2D eigenvalue weighted by atomic mass is 32.1. The normalized spacial score (nSPS) is 8.33. The highest BCUT2D eigenvalue weighted by Crippen LogP contribution is 2.00. The fraction of sp³-hybridized carbons (Fsp3) is 0.543. The summed E-state index contributed by atoms with van der Waals surface area (Å²) in [5.41, 5.74) is 0.972. The van der Waals surface area contributed by atoms with Crippen LogP contribution in [0.3, 0.4) is 0 Å². The first-order chi connectivity index (χ1) is 35.9. The van der Waals surface area contributed by atoms with Crippen LogP contribution in [0.1, 0.15) is 143 Å². The van der Waals surface area contributed by atoms with Gasteiger partial charge in [0.2, 0.25) is 11.8 Å². The van der Waals surface area contributed by atoms with Crippen LogP contribution < -0.4 is 0 Å². The van der Waals surface area contributed by atoms with Crippen molar-refractivity contribution in [3.63, 3.8) is 0 Å². The summed E-state index contributed by atoms with van der Waals surface area (Å²) in [6, 6.07) is 0. The third-order valence-corrected chi connectivity index (χ3v) is 7.60. The van der Waals surface area contributed by atoms with Gasteiger partial charge in [0.05, 0.1) is 5.69 Å². The number of nitrogens with one attached hydrogen (secondary N) is 3. The van der Waals surface area contributed by atoms with Crippen molar-refractivity contribution in [1.29, 1.82) is 0 Å². The number of hydrogen-bond donors (Lipinski definition) is 3. The van der Waals surface area contributed by atoms with Crippen LogP contribution in [-0.4, -0.2) is 119 Å². The van der Waals surface area contributed by atoms with Crippen LogP contribution in [0.15, 0.2) is 64.1 Å². The van der Waals surface area contributed by atoms with E-state index >= 15 is 0 Å². The maximum Gasteiger partial charge on any atom is 0.223 e. The maximum atomic E-state index is 4.85. The molecule has 0 bridgehead atoms. The van der Waals surface area contributed by atoms with Crippen molar-refractivity contribution in [2.45, 2.75) is 159 Å². The molecule has 10 rings (SSSR count). The molecule has 0 amide bonds. The molecule has 10 aromatic heterocycles. The molecule has 0 spiro atoms. The summed E-state index contributed by atoms with van der Waals surface area (Å²) in [4.78, 5) is 34.5. The van der Waals surface area contributed by atoms with Gasteiger partial charge in [-0.1, -0.05) is 79.6 Å². The second-order valence-corrected chi connectivity index (χ2v) is 14.3. The number of H-pyrrole nitrogens is 3. The lowest BCUT2D eigenvalue weighted by Gasteiger charge is -1.76. The van der Waals surface area contributed by atoms with Gasteiger partial charge in [-0.15, -0.1) is 10.2 Å². The molecule has 0 aliphatic carbocycles. The van der Waals surface area contributed by atoms with Gasteiger partial charge in [0, 0.05) is 27.9 Å². The summed E-state index contributed by atoms with van der Waals surface area (Å²) < 4.78 is 25.4. The van der Waals surface area contributed by atoms with Crippen molar-refractivity contribution in [2.24, 2.45) is 14.1 Å². The molecular formula is C46H86N24O3S2. The second-order valence-electron chi connectivity index (χ2n) is 12.3. The van der Waals surface area contributed by atoms with E-state index < -0.39 is 0 Å². The van der Waals surface area contributed by atoms with E-state index in [-0.39, 0.29) is 0 Å². The van der Waals surface area contributed by atoms with Crippen LogP contribution in [0.25, 0.3) is 0 Å². The maximum absolute atomic E-state index is 4.85. The Kier molecular flexibility index (Phi) is 55.0. The van der Waals surface area contributed by atoms with Crippen molar-refractivity contribution < 1.29 is 13.5 Å². The van der Waals surface area contributed by atoms with Gasteiger partial charge in [0.25, 0.3) is 0 Å². The molecule has 29 heteroatoms. The highest BCUT2D eigenvalue weighted by molar-refractivity contribution is 7.05. The molecule has 10 aromatic rings. The SMILES string of the molecule is CC.CC.CC.CC.CC.Cc1ncn[nH]1.Cc1ncn[nH]1.Cc1ncn[nH]1.Cc1ncoc1C.Cc1noc(C)n1.Cc1noc(C)n1.Cc1nsc(C)n1.Cc1nsc(C)n1.Cn1cncn1.Cn1cnnc1. The molecule has 3 N–H and O–H groups in total. The van der Waals surface area contributed by atoms with Gasteiger partial charge < -0.3 is 18.0 Å². The predicted molar refractivity (Wildman–Crippen MR) is 294 cm³/mol. The molecule has 0 saturated carbocycles. The number of hydrogen-bond acceptors (Lipinski definition) is 24. The number of aromatic amines is 3. The van der Waals surface area contributed by atoms with E-state index in [4.69, 9.17) is 4.42 Å². The van der Waals surface area contributed by atoms with Crippen LogP contribution in [-0.2, 0) is 14.1 Å². The minimum atomic E-state index is 0.623. The van der Waals surface area contributed by atoms with Crippen molar-refractivity contribution in [3.05, 3.63) is 125 Å². The Morgan fingerprint density at radius 3 is 0.907 bits per heavy atom. The van der Waals surface area contributed by atoms with Crippen LogP contribution >= 0.6 is 23.1 Å². The number of rotatable bonds is 0. The molecule has 75 heavy (non-hydrogen) atoms. The first kappa shape index (κ1) is 76.2. The lowest BCUT2D eigenvalue weighted by Crippen LogP contribution is -1.83. The van der Waals surface area contributed by atoms with Crippen LogP contribution in [0.4, 0.5) is 0 Å². The fourth-order valence-electron chi connectivity index (χ4n) is 3.28. The van der Waals surface area contributed by atoms with E-state index in [0.29, 0.717) is 23.4 Å². The third kappa shape index (κ3) is 51.0. The smallest absolute Gasteiger partial charge is 0.223 e. The van der Waals surface area contributed by atoms with Crippen LogP contribution in [0, 0.1) is 90.0 Å². The topological polar surface area (TPSA) is 342 Å². The first-order valence-corrected chi connectivity index (χ1v) is 25.4. The van der Waals surface area contributed by atoms with E-state index in [0.717, 1.165) is 50.6 Å². The van der Waals surface area contributed by atoms with Gasteiger partial charge in [-0.25, -0.2) is 34.9 Å². The van der Waals surface area contributed by atoms with Gasteiger partial charge in [-0.3, -0.25) is 20.0 Å². The van der Waals surface area contributed by atoms with E-state index in [1.54, 1.807) is 55.9 Å². The summed E-state index contributed by atoms with van der Waals surface area (Å²) in [6.07, 6.45) is 12.3. The highest BCUT2D eigenvalue weighted by Gasteiger charge is 1.92. The van der Waals surface area contributed by atoms with Crippen LogP contribution in [0.5, 0.6) is 0 Å². The number of aromatic nitrogens is 24. The lowest BCUT2D eigenvalue weighted by molar-refractivity contribution is 0.389. The fourth-order valence-corrected chi connectivity index (χ4v) is 4.24. The average Bonchev–Trinajstić information content (AvgIpc) is 4.23. The minimum Gasteiger partial charge on any atom is -0.449 e. The Bertz CT molecular complexity index is 2100. The molecule has 0 fully saturated rings. The van der Waals surface area contributed by atoms with Crippen molar-refractivity contribution in [3.8, 4) is 0 Å². The number of aryl methyl sites for hydroxylation is 15. The molecule has 0 unspecified atom stereocenters. The summed E-state index contributed by atoms with van der Waals surface area (Å²) in [7, 11) is 3.70. The quantitative estimate of drug-likeness (QED) is 0.127. The van der Waals surface area contributed by atoms with Gasteiger partial charge in [-0.2, -0.15) is 39.1 Å². The summed E-state index contributed by atoms with van der Waals surface area (Å²) in [5.74, 6) is 7.86. The first-order valence-electron chi connectivity index (χ1n) is 23.9. The zero-order valence-electron chi connectivity index (χ0n) is 49.1. The molecule has 0 radical (unpaired) electrons. The van der Waals surface area contributed by atoms with E-state index in [1.807, 2.05) is 146 Å². The molecule has 0 atom stereocenters. The average molecular weight is 1090 g/mol. The molecule has 0 aliphatic heterocycles. The monoisotopic (exact) mass is 1090 g/mol. The van der Waals surface area contributed by atoms with E-state index in [1.165, 1.54) is 54.8 Å². The van der Waals surface area contributed by atoms with Gasteiger partial charge in [0.1, 0.15) is 89.2 Å². The van der Waals surface area contributed by atoms with Gasteiger partial charge >= 0.3 is 0 Å². The minimum absolute atomic E-state index is 0.623. The third-order valence-electron chi connectivity index (χ3n) is 6.18. The molecular weight excluding hydrogens is 1000 g/mol. The molecule has 0 saturated heterocycles. The van der Waals surface area contributed by atoms with Gasteiger partial charge in [0.15, 0.2) is 18.0 Å². The Morgan fingerprint density at radius 1 is 0.453 bits per heavy atom. The summed E-state index contributed by atoms with van der Waals surface area (Å²) in [6.45, 7) is 44.2. The van der Waals surface area contributed by atoms with Crippen LogP contribution in [0.2, 0.25) is 0 Å². The Labute approximate surface area is 451 Å². The lowest BCUT2D eigenvalue weighted by atomic mass is 10.4. The van der Waals surface area contributed by atoms with Crippen molar-refractivity contribution >= 4 is 23.1 Å². The van der Waals surface area contributed by atoms with E-state index in [2.05, 4.69) is 119 Å². The Hall–Kier alpha value is -7.69. The van der Waals surface area contributed by atoms with Gasteiger partial charge in [-0.05, 0) is 99.2 Å². The van der Waals surface area contributed by atoms with E-state index in [9.17, 15) is 0 Å². The molecule has 10 heterocycles. The Balaban J connectivity index is -0.000000238. The molecule has 0 aliphatic rings.